The van der Waals surface area contributed by atoms with Gasteiger partial charge in [-0.2, -0.15) is 0 Å². The van der Waals surface area contributed by atoms with Gasteiger partial charge < -0.3 is 14.8 Å². The Bertz CT molecular complexity index is 847. The molecule has 5 heteroatoms. The summed E-state index contributed by atoms with van der Waals surface area (Å²) in [5, 5.41) is 5.00. The molecule has 2 aromatic carbocycles. The average Bonchev–Trinajstić information content (AvgIpc) is 3.22. The van der Waals surface area contributed by atoms with Crippen molar-refractivity contribution in [3.8, 4) is 11.5 Å². The fourth-order valence-electron chi connectivity index (χ4n) is 2.55. The van der Waals surface area contributed by atoms with Crippen molar-refractivity contribution < 1.29 is 14.3 Å². The second-order valence-electron chi connectivity index (χ2n) is 5.85. The Morgan fingerprint density at radius 1 is 1.08 bits per heavy atom. The summed E-state index contributed by atoms with van der Waals surface area (Å²) in [7, 11) is 1.57. The SMILES string of the molecule is COc1cc(C(=O)N[C@H](C)c2cccs2)ccc1OCc1ccccc1. The van der Waals surface area contributed by atoms with Gasteiger partial charge in [-0.25, -0.2) is 0 Å². The average molecular weight is 367 g/mol. The molecule has 134 valence electrons. The molecule has 0 spiro atoms. The zero-order valence-corrected chi connectivity index (χ0v) is 15.6. The van der Waals surface area contributed by atoms with Gasteiger partial charge in [0, 0.05) is 10.4 Å². The third kappa shape index (κ3) is 4.43. The van der Waals surface area contributed by atoms with E-state index in [9.17, 15) is 4.79 Å². The van der Waals surface area contributed by atoms with Crippen LogP contribution in [0.3, 0.4) is 0 Å². The summed E-state index contributed by atoms with van der Waals surface area (Å²) in [6.45, 7) is 2.41. The number of benzene rings is 2. The maximum absolute atomic E-state index is 12.5. The highest BCUT2D eigenvalue weighted by molar-refractivity contribution is 7.10. The van der Waals surface area contributed by atoms with Crippen molar-refractivity contribution in [3.05, 3.63) is 82.0 Å². The Hall–Kier alpha value is -2.79. The van der Waals surface area contributed by atoms with Gasteiger partial charge in [0.15, 0.2) is 11.5 Å². The minimum atomic E-state index is -0.140. The Morgan fingerprint density at radius 2 is 1.88 bits per heavy atom. The van der Waals surface area contributed by atoms with Crippen LogP contribution in [0.2, 0.25) is 0 Å². The third-order valence-electron chi connectivity index (χ3n) is 3.98. The minimum Gasteiger partial charge on any atom is -0.493 e. The van der Waals surface area contributed by atoms with Gasteiger partial charge >= 0.3 is 0 Å². The Kier molecular flexibility index (Phi) is 5.92. The van der Waals surface area contributed by atoms with Gasteiger partial charge in [-0.3, -0.25) is 4.79 Å². The summed E-state index contributed by atoms with van der Waals surface area (Å²) in [4.78, 5) is 13.6. The van der Waals surface area contributed by atoms with Crippen LogP contribution in [0.15, 0.2) is 66.0 Å². The van der Waals surface area contributed by atoms with Crippen molar-refractivity contribution in [1.82, 2.24) is 5.32 Å². The first-order valence-corrected chi connectivity index (χ1v) is 9.24. The molecule has 1 amide bonds. The van der Waals surface area contributed by atoms with E-state index in [1.165, 1.54) is 0 Å². The number of hydrogen-bond acceptors (Lipinski definition) is 4. The number of methoxy groups -OCH3 is 1. The van der Waals surface area contributed by atoms with Crippen LogP contribution in [0, 0.1) is 0 Å². The fourth-order valence-corrected chi connectivity index (χ4v) is 3.29. The van der Waals surface area contributed by atoms with E-state index in [2.05, 4.69) is 5.32 Å². The number of carbonyl (C=O) groups is 1. The van der Waals surface area contributed by atoms with Crippen molar-refractivity contribution in [3.63, 3.8) is 0 Å². The van der Waals surface area contributed by atoms with Crippen LogP contribution in [-0.2, 0) is 6.61 Å². The molecule has 0 aliphatic heterocycles. The van der Waals surface area contributed by atoms with Crippen molar-refractivity contribution in [1.29, 1.82) is 0 Å². The molecule has 0 aliphatic carbocycles. The molecule has 0 bridgehead atoms. The van der Waals surface area contributed by atoms with Crippen molar-refractivity contribution in [2.75, 3.05) is 7.11 Å². The highest BCUT2D eigenvalue weighted by Gasteiger charge is 2.15. The third-order valence-corrected chi connectivity index (χ3v) is 5.04. The number of hydrogen-bond donors (Lipinski definition) is 1. The van der Waals surface area contributed by atoms with E-state index in [1.54, 1.807) is 36.6 Å². The molecule has 0 radical (unpaired) electrons. The second kappa shape index (κ2) is 8.54. The first kappa shape index (κ1) is 18.0. The Labute approximate surface area is 157 Å². The summed E-state index contributed by atoms with van der Waals surface area (Å²) < 4.78 is 11.2. The number of carbonyl (C=O) groups excluding carboxylic acids is 1. The number of nitrogens with one attached hydrogen (secondary N) is 1. The molecule has 26 heavy (non-hydrogen) atoms. The van der Waals surface area contributed by atoms with Crippen LogP contribution >= 0.6 is 11.3 Å². The highest BCUT2D eigenvalue weighted by atomic mass is 32.1. The number of rotatable bonds is 7. The Balaban J connectivity index is 1.68. The first-order valence-electron chi connectivity index (χ1n) is 8.36. The van der Waals surface area contributed by atoms with Crippen LogP contribution in [-0.4, -0.2) is 13.0 Å². The Morgan fingerprint density at radius 3 is 2.58 bits per heavy atom. The summed E-state index contributed by atoms with van der Waals surface area (Å²) in [6, 6.07) is 19.1. The standard InChI is InChI=1S/C21H21NO3S/c1-15(20-9-6-12-26-20)22-21(23)17-10-11-18(19(13-17)24-2)25-14-16-7-4-3-5-8-16/h3-13,15H,14H2,1-2H3,(H,22,23)/t15-/m1/s1. The minimum absolute atomic E-state index is 0.0393. The molecule has 0 fully saturated rings. The van der Waals surface area contributed by atoms with Crippen LogP contribution in [0.25, 0.3) is 0 Å². The maximum atomic E-state index is 12.5. The van der Waals surface area contributed by atoms with Crippen molar-refractivity contribution >= 4 is 17.2 Å². The predicted molar refractivity (Wildman–Crippen MR) is 104 cm³/mol. The van der Waals surface area contributed by atoms with Crippen molar-refractivity contribution in [2.45, 2.75) is 19.6 Å². The maximum Gasteiger partial charge on any atom is 0.251 e. The van der Waals surface area contributed by atoms with E-state index in [0.29, 0.717) is 23.7 Å². The molecule has 3 rings (SSSR count). The lowest BCUT2D eigenvalue weighted by molar-refractivity contribution is 0.0940. The van der Waals surface area contributed by atoms with Gasteiger partial charge in [0.25, 0.3) is 5.91 Å². The molecule has 0 unspecified atom stereocenters. The summed E-state index contributed by atoms with van der Waals surface area (Å²) in [5.74, 6) is 1.01. The predicted octanol–water partition coefficient (Wildman–Crippen LogP) is 4.83. The molecule has 1 aromatic heterocycles. The molecular weight excluding hydrogens is 346 g/mol. The lowest BCUT2D eigenvalue weighted by atomic mass is 10.1. The quantitative estimate of drug-likeness (QED) is 0.651. The van der Waals surface area contributed by atoms with Gasteiger partial charge in [-0.15, -0.1) is 11.3 Å². The highest BCUT2D eigenvalue weighted by Crippen LogP contribution is 2.29. The summed E-state index contributed by atoms with van der Waals surface area (Å²) in [5.41, 5.74) is 1.61. The summed E-state index contributed by atoms with van der Waals surface area (Å²) >= 11 is 1.62. The van der Waals surface area contributed by atoms with E-state index < -0.39 is 0 Å². The smallest absolute Gasteiger partial charge is 0.251 e. The van der Waals surface area contributed by atoms with E-state index in [0.717, 1.165) is 10.4 Å². The zero-order valence-electron chi connectivity index (χ0n) is 14.8. The molecule has 0 aliphatic rings. The number of thiophene rings is 1. The van der Waals surface area contributed by atoms with Gasteiger partial charge in [0.1, 0.15) is 6.61 Å². The molecule has 0 saturated heterocycles. The van der Waals surface area contributed by atoms with E-state index in [4.69, 9.17) is 9.47 Å². The van der Waals surface area contributed by atoms with E-state index in [1.807, 2.05) is 54.8 Å². The zero-order chi connectivity index (χ0) is 18.4. The van der Waals surface area contributed by atoms with Gasteiger partial charge in [0.2, 0.25) is 0 Å². The lowest BCUT2D eigenvalue weighted by Crippen LogP contribution is -2.26. The van der Waals surface area contributed by atoms with Crippen LogP contribution < -0.4 is 14.8 Å². The molecule has 0 saturated carbocycles. The monoisotopic (exact) mass is 367 g/mol. The number of ether oxygens (including phenoxy) is 2. The molecular formula is C21H21NO3S. The first-order chi connectivity index (χ1) is 12.7. The van der Waals surface area contributed by atoms with Crippen molar-refractivity contribution in [2.24, 2.45) is 0 Å². The fraction of sp³-hybridized carbons (Fsp3) is 0.190. The number of amides is 1. The largest absolute Gasteiger partial charge is 0.493 e. The topological polar surface area (TPSA) is 47.6 Å². The van der Waals surface area contributed by atoms with Crippen LogP contribution in [0.1, 0.15) is 33.8 Å². The molecule has 1 heterocycles. The van der Waals surface area contributed by atoms with Crippen LogP contribution in [0.5, 0.6) is 11.5 Å². The van der Waals surface area contributed by atoms with Crippen LogP contribution in [0.4, 0.5) is 0 Å². The summed E-state index contributed by atoms with van der Waals surface area (Å²) in [6.07, 6.45) is 0. The molecule has 1 atom stereocenters. The lowest BCUT2D eigenvalue weighted by Gasteiger charge is -2.15. The van der Waals surface area contributed by atoms with Gasteiger partial charge in [-0.1, -0.05) is 36.4 Å². The van der Waals surface area contributed by atoms with Gasteiger partial charge in [0.05, 0.1) is 13.2 Å². The van der Waals surface area contributed by atoms with E-state index >= 15 is 0 Å². The molecule has 4 nitrogen and oxygen atoms in total. The van der Waals surface area contributed by atoms with E-state index in [-0.39, 0.29) is 11.9 Å². The molecule has 1 N–H and O–H groups in total. The normalized spacial score (nSPS) is 11.6. The van der Waals surface area contributed by atoms with Gasteiger partial charge in [-0.05, 0) is 42.1 Å². The second-order valence-corrected chi connectivity index (χ2v) is 6.83. The molecule has 3 aromatic rings.